The smallest absolute Gasteiger partial charge is 0.295 e. The number of pyridine rings is 2. The predicted octanol–water partition coefficient (Wildman–Crippen LogP) is 5.28. The number of aromatic nitrogens is 11. The lowest BCUT2D eigenvalue weighted by Gasteiger charge is -2.36. The Kier molecular flexibility index (Phi) is 16.1. The molecule has 11 rings (SSSR count). The second-order valence-electron chi connectivity index (χ2n) is 17.4. The van der Waals surface area contributed by atoms with Gasteiger partial charge < -0.3 is 40.0 Å². The van der Waals surface area contributed by atoms with Crippen molar-refractivity contribution >= 4 is 62.4 Å². The summed E-state index contributed by atoms with van der Waals surface area (Å²) in [5.74, 6) is 3.98. The molecule has 9 heterocycles. The van der Waals surface area contributed by atoms with E-state index in [1.165, 1.54) is 66.7 Å². The first-order valence-corrected chi connectivity index (χ1v) is 24.9. The van der Waals surface area contributed by atoms with Crippen molar-refractivity contribution in [3.05, 3.63) is 152 Å². The number of hydrogen-bond donors (Lipinski definition) is 4. The lowest BCUT2D eigenvalue weighted by atomic mass is 10.1. The van der Waals surface area contributed by atoms with E-state index >= 15 is 0 Å². The molecule has 7 aromatic heterocycles. The minimum Gasteiger partial charge on any atom is -0.494 e. The van der Waals surface area contributed by atoms with Gasteiger partial charge in [0, 0.05) is 88.3 Å². The van der Waals surface area contributed by atoms with Crippen LogP contribution in [0.25, 0.3) is 50.1 Å². The molecule has 2 aliphatic rings. The first kappa shape index (κ1) is 52.9. The number of H-pyrrole nitrogens is 2. The molecule has 0 aliphatic carbocycles. The number of nitrogens with two attached hydrogens (primary N) is 2. The molecular formula is C54H55FN18O5. The van der Waals surface area contributed by atoms with E-state index in [9.17, 15) is 23.6 Å². The minimum atomic E-state index is -0.818. The fraction of sp³-hybridized carbons (Fsp3) is 0.222. The van der Waals surface area contributed by atoms with Gasteiger partial charge in [-0.15, -0.1) is 0 Å². The third-order valence-corrected chi connectivity index (χ3v) is 13.0. The highest BCUT2D eigenvalue weighted by Crippen LogP contribution is 2.34. The highest BCUT2D eigenvalue weighted by atomic mass is 19.1. The van der Waals surface area contributed by atoms with Crippen molar-refractivity contribution < 1.29 is 28.3 Å². The number of aromatic amines is 2. The molecule has 0 saturated carbocycles. The number of anilines is 3. The van der Waals surface area contributed by atoms with E-state index in [1.54, 1.807) is 24.2 Å². The number of carbonyl (C=O) groups is 4. The van der Waals surface area contributed by atoms with Crippen LogP contribution in [0.1, 0.15) is 40.4 Å². The zero-order valence-corrected chi connectivity index (χ0v) is 43.1. The zero-order valence-electron chi connectivity index (χ0n) is 43.1. The molecule has 2 fully saturated rings. The van der Waals surface area contributed by atoms with Gasteiger partial charge in [-0.2, -0.15) is 5.10 Å². The van der Waals surface area contributed by atoms with Crippen molar-refractivity contribution in [2.24, 2.45) is 11.6 Å². The van der Waals surface area contributed by atoms with Crippen LogP contribution in [0.4, 0.5) is 21.6 Å². The highest BCUT2D eigenvalue weighted by molar-refractivity contribution is 6.45. The number of halogens is 1. The Morgan fingerprint density at radius 1 is 0.667 bits per heavy atom. The van der Waals surface area contributed by atoms with Crippen molar-refractivity contribution in [3.63, 3.8) is 0 Å². The Morgan fingerprint density at radius 2 is 1.18 bits per heavy atom. The number of amides is 2. The molecule has 2 saturated heterocycles. The van der Waals surface area contributed by atoms with Crippen LogP contribution in [0, 0.1) is 12.7 Å². The summed E-state index contributed by atoms with van der Waals surface area (Å²) in [6, 6.07) is 19.7. The predicted molar refractivity (Wildman–Crippen MR) is 291 cm³/mol. The van der Waals surface area contributed by atoms with Crippen LogP contribution >= 0.6 is 0 Å². The second kappa shape index (κ2) is 23.7. The number of ether oxygens (including phenoxy) is 1. The molecule has 0 bridgehead atoms. The average Bonchev–Trinajstić information content (AvgIpc) is 4.32. The Morgan fingerprint density at radius 3 is 1.67 bits per heavy atom. The minimum absolute atomic E-state index is 0.0585. The Hall–Kier alpha value is -9.97. The van der Waals surface area contributed by atoms with Crippen LogP contribution in [0.2, 0.25) is 0 Å². The summed E-state index contributed by atoms with van der Waals surface area (Å²) in [6.45, 7) is 9.22. The van der Waals surface area contributed by atoms with Crippen molar-refractivity contribution in [1.29, 1.82) is 0 Å². The van der Waals surface area contributed by atoms with Crippen molar-refractivity contribution in [1.82, 2.24) is 64.4 Å². The molecule has 2 aliphatic heterocycles. The molecule has 9 aromatic rings. The number of ketones is 2. The molecule has 24 heteroatoms. The van der Waals surface area contributed by atoms with E-state index in [0.717, 1.165) is 45.1 Å². The quantitative estimate of drug-likeness (QED) is 0.0524. The fourth-order valence-electron chi connectivity index (χ4n) is 9.26. The first-order chi connectivity index (χ1) is 38.0. The number of hydrazine groups is 1. The average molecular weight is 1060 g/mol. The summed E-state index contributed by atoms with van der Waals surface area (Å²) in [5.41, 5.74) is 11.5. The zero-order chi connectivity index (χ0) is 54.9. The summed E-state index contributed by atoms with van der Waals surface area (Å²) in [5, 5.41) is 5.82. The number of nitrogens with zero attached hydrogens (tertiary/aromatic N) is 14. The van der Waals surface area contributed by atoms with Gasteiger partial charge in [0.2, 0.25) is 0 Å². The van der Waals surface area contributed by atoms with Gasteiger partial charge in [-0.05, 0) is 6.92 Å². The van der Waals surface area contributed by atoms with Crippen LogP contribution in [0.3, 0.4) is 0 Å². The third-order valence-electron chi connectivity index (χ3n) is 13.0. The van der Waals surface area contributed by atoms with E-state index in [0.29, 0.717) is 80.7 Å². The molecule has 0 spiro atoms. The number of piperazine rings is 2. The monoisotopic (exact) mass is 1050 g/mol. The number of hydrogen-bond acceptors (Lipinski definition) is 18. The van der Waals surface area contributed by atoms with E-state index < -0.39 is 29.2 Å². The summed E-state index contributed by atoms with van der Waals surface area (Å²) < 4.78 is 21.7. The van der Waals surface area contributed by atoms with Gasteiger partial charge in [0.1, 0.15) is 30.6 Å². The van der Waals surface area contributed by atoms with Gasteiger partial charge in [-0.1, -0.05) is 74.5 Å². The van der Waals surface area contributed by atoms with Crippen molar-refractivity contribution in [2.45, 2.75) is 20.8 Å². The van der Waals surface area contributed by atoms with Crippen molar-refractivity contribution in [2.75, 3.05) is 74.3 Å². The molecule has 0 unspecified atom stereocenters. The van der Waals surface area contributed by atoms with Crippen molar-refractivity contribution in [3.8, 4) is 34.1 Å². The van der Waals surface area contributed by atoms with Gasteiger partial charge >= 0.3 is 0 Å². The Balaban J connectivity index is 0.000000184. The van der Waals surface area contributed by atoms with Crippen LogP contribution in [0.5, 0.6) is 5.75 Å². The van der Waals surface area contributed by atoms with E-state index in [4.69, 9.17) is 16.3 Å². The number of aryl methyl sites for hydroxylation is 1. The Labute approximate surface area is 446 Å². The summed E-state index contributed by atoms with van der Waals surface area (Å²) >= 11 is 0. The second-order valence-corrected chi connectivity index (χ2v) is 17.4. The lowest BCUT2D eigenvalue weighted by Crippen LogP contribution is -2.50. The van der Waals surface area contributed by atoms with Gasteiger partial charge in [-0.25, -0.2) is 49.8 Å². The summed E-state index contributed by atoms with van der Waals surface area (Å²) in [6.07, 6.45) is 15.9. The molecule has 23 nitrogen and oxygen atoms in total. The number of Topliss-reactive ketones (excluding diaryl/α,β-unsaturated/α-hetero) is 2. The van der Waals surface area contributed by atoms with E-state index in [1.807, 2.05) is 74.5 Å². The summed E-state index contributed by atoms with van der Waals surface area (Å²) in [7, 11) is 1.50. The Bertz CT molecular complexity index is 3630. The molecule has 2 aromatic carbocycles. The highest BCUT2D eigenvalue weighted by Gasteiger charge is 2.33. The third kappa shape index (κ3) is 10.6. The number of rotatable bonds is 12. The maximum absolute atomic E-state index is 14.7. The first-order valence-electron chi connectivity index (χ1n) is 24.9. The number of carbonyl (C=O) groups excluding carboxylic acids is 4. The molecular weight excluding hydrogens is 1000 g/mol. The molecule has 0 radical (unpaired) electrons. The number of nitrogens with one attached hydrogen (secondary N) is 2. The van der Waals surface area contributed by atoms with Crippen LogP contribution in [-0.4, -0.2) is 147 Å². The van der Waals surface area contributed by atoms with Crippen LogP contribution in [-0.2, 0) is 9.59 Å². The van der Waals surface area contributed by atoms with Gasteiger partial charge in [0.05, 0.1) is 87.6 Å². The van der Waals surface area contributed by atoms with E-state index in [2.05, 4.69) is 59.8 Å². The normalized spacial score (nSPS) is 13.5. The number of benzene rings is 2. The largest absolute Gasteiger partial charge is 0.494 e. The van der Waals surface area contributed by atoms with Gasteiger partial charge in [-0.3, -0.25) is 24.2 Å². The van der Waals surface area contributed by atoms with Crippen LogP contribution in [0.15, 0.2) is 129 Å². The standard InChI is InChI=1S/C27H25N9O3.C25H24FN9O2.C2H6/c1-17-32-16-36(33-17)26-24-22(21(39-2)14-30-26)19(12-29-24)25(37)27(38)35-10-8-34(9-11-35)20-13-28-15-31-23(20)18-6-4-3-5-7-18;26-18-13-31-24(35(28)7-6-27)22-20(18)17(12-30-22)23(36)25(37)34-10-8-33(9-11-34)19-14-29-15-32-21(19)16-4-2-1-3-5-16;1-2/h3-7,12-16,29H,8-11H2,1-2H3;1-7,12-15,30H,8-11,27-28H2;1-2H3/b;7-6-;. The maximum Gasteiger partial charge on any atom is 0.295 e. The number of fused-ring (bicyclic) bond motifs is 2. The molecule has 0 atom stereocenters. The van der Waals surface area contributed by atoms with Crippen LogP contribution < -0.4 is 31.1 Å². The lowest BCUT2D eigenvalue weighted by molar-refractivity contribution is -0.127. The molecule has 6 N–H and O–H groups in total. The summed E-state index contributed by atoms with van der Waals surface area (Å²) in [4.78, 5) is 96.2. The maximum atomic E-state index is 14.7. The fourth-order valence-corrected chi connectivity index (χ4v) is 9.26. The molecule has 78 heavy (non-hydrogen) atoms. The van der Waals surface area contributed by atoms with Gasteiger partial charge in [0.15, 0.2) is 17.5 Å². The molecule has 2 amide bonds. The van der Waals surface area contributed by atoms with Gasteiger partial charge in [0.25, 0.3) is 23.4 Å². The SMILES string of the molecule is CC.COc1cnc(-n2cnc(C)n2)c2[nH]cc(C(=O)C(=O)N3CCN(c4cncnc4-c4ccccc4)CC3)c12.N/C=C\N(N)c1ncc(F)c2c(C(=O)C(=O)N3CCN(c4cncnc4-c4ccccc4)CC3)c[nH]c12. The number of methoxy groups -OCH3 is 1. The van der Waals surface area contributed by atoms with E-state index in [-0.39, 0.29) is 27.8 Å². The topological polar surface area (TPSA) is 285 Å². The molecule has 398 valence electrons.